The second-order valence-electron chi connectivity index (χ2n) is 4.57. The standard InChI is InChI=1S/C10H25N5/c1-9(12)10(13,8-11)2-5-15-6-3-14-4-7-15/h9,14H,2-8,11-13H2,1H3. The average Bonchev–Trinajstić information content (AvgIpc) is 2.27. The van der Waals surface area contributed by atoms with Crippen molar-refractivity contribution in [3.63, 3.8) is 0 Å². The third kappa shape index (κ3) is 3.70. The zero-order valence-corrected chi connectivity index (χ0v) is 9.71. The number of hydrogen-bond donors (Lipinski definition) is 4. The second-order valence-corrected chi connectivity index (χ2v) is 4.57. The van der Waals surface area contributed by atoms with Crippen LogP contribution in [0.3, 0.4) is 0 Å². The largest absolute Gasteiger partial charge is 0.329 e. The van der Waals surface area contributed by atoms with Crippen molar-refractivity contribution in [1.29, 1.82) is 0 Å². The van der Waals surface area contributed by atoms with Crippen molar-refractivity contribution in [2.24, 2.45) is 17.2 Å². The number of nitrogens with zero attached hydrogens (tertiary/aromatic N) is 1. The fourth-order valence-corrected chi connectivity index (χ4v) is 1.82. The molecule has 7 N–H and O–H groups in total. The SMILES string of the molecule is CC(N)C(N)(CN)CCN1CCNCC1. The van der Waals surface area contributed by atoms with E-state index in [2.05, 4.69) is 10.2 Å². The van der Waals surface area contributed by atoms with Crippen molar-refractivity contribution >= 4 is 0 Å². The summed E-state index contributed by atoms with van der Waals surface area (Å²) < 4.78 is 0. The minimum atomic E-state index is -0.412. The molecule has 0 aromatic rings. The molecule has 0 spiro atoms. The van der Waals surface area contributed by atoms with E-state index in [1.54, 1.807) is 0 Å². The molecule has 1 saturated heterocycles. The lowest BCUT2D eigenvalue weighted by Crippen LogP contribution is -2.60. The van der Waals surface area contributed by atoms with Crippen LogP contribution in [0.4, 0.5) is 0 Å². The highest BCUT2D eigenvalue weighted by Crippen LogP contribution is 2.10. The molecule has 0 radical (unpaired) electrons. The van der Waals surface area contributed by atoms with E-state index in [0.29, 0.717) is 6.54 Å². The number of piperazine rings is 1. The smallest absolute Gasteiger partial charge is 0.0441 e. The first-order valence-corrected chi connectivity index (χ1v) is 5.76. The van der Waals surface area contributed by atoms with Gasteiger partial charge in [-0.3, -0.25) is 0 Å². The van der Waals surface area contributed by atoms with E-state index in [-0.39, 0.29) is 6.04 Å². The number of nitrogens with one attached hydrogen (secondary N) is 1. The number of rotatable bonds is 5. The predicted octanol–water partition coefficient (Wildman–Crippen LogP) is -1.71. The molecule has 2 atom stereocenters. The molecule has 1 heterocycles. The minimum Gasteiger partial charge on any atom is -0.329 e. The van der Waals surface area contributed by atoms with Crippen LogP contribution < -0.4 is 22.5 Å². The Morgan fingerprint density at radius 3 is 2.47 bits per heavy atom. The molecule has 1 rings (SSSR count). The third-order valence-electron chi connectivity index (χ3n) is 3.39. The van der Waals surface area contributed by atoms with Crippen LogP contribution >= 0.6 is 0 Å². The van der Waals surface area contributed by atoms with Gasteiger partial charge in [-0.1, -0.05) is 0 Å². The summed E-state index contributed by atoms with van der Waals surface area (Å²) >= 11 is 0. The lowest BCUT2D eigenvalue weighted by atomic mass is 9.89. The Hall–Kier alpha value is -0.200. The second kappa shape index (κ2) is 5.77. The van der Waals surface area contributed by atoms with Gasteiger partial charge in [-0.25, -0.2) is 0 Å². The Kier molecular flexibility index (Phi) is 4.95. The Morgan fingerprint density at radius 2 is 2.00 bits per heavy atom. The van der Waals surface area contributed by atoms with Gasteiger partial charge in [-0.15, -0.1) is 0 Å². The van der Waals surface area contributed by atoms with E-state index < -0.39 is 5.54 Å². The molecule has 0 bridgehead atoms. The van der Waals surface area contributed by atoms with Crippen molar-refractivity contribution in [2.75, 3.05) is 39.3 Å². The summed E-state index contributed by atoms with van der Waals surface area (Å²) in [5, 5.41) is 3.33. The van der Waals surface area contributed by atoms with Gasteiger partial charge in [0.25, 0.3) is 0 Å². The highest BCUT2D eigenvalue weighted by atomic mass is 15.2. The van der Waals surface area contributed by atoms with E-state index in [0.717, 1.165) is 39.1 Å². The summed E-state index contributed by atoms with van der Waals surface area (Å²) in [4.78, 5) is 2.41. The van der Waals surface area contributed by atoms with Gasteiger partial charge in [0.05, 0.1) is 0 Å². The Labute approximate surface area is 92.3 Å². The van der Waals surface area contributed by atoms with Gasteiger partial charge in [0.1, 0.15) is 0 Å². The van der Waals surface area contributed by atoms with Gasteiger partial charge in [0.15, 0.2) is 0 Å². The van der Waals surface area contributed by atoms with Gasteiger partial charge < -0.3 is 27.4 Å². The molecule has 1 aliphatic heterocycles. The normalized spacial score (nSPS) is 24.8. The van der Waals surface area contributed by atoms with Crippen LogP contribution in [0.5, 0.6) is 0 Å². The summed E-state index contributed by atoms with van der Waals surface area (Å²) in [6.07, 6.45) is 0.876. The molecule has 0 aliphatic carbocycles. The van der Waals surface area contributed by atoms with E-state index >= 15 is 0 Å². The Morgan fingerprint density at radius 1 is 1.40 bits per heavy atom. The van der Waals surface area contributed by atoms with Crippen LogP contribution in [-0.2, 0) is 0 Å². The maximum Gasteiger partial charge on any atom is 0.0441 e. The number of hydrogen-bond acceptors (Lipinski definition) is 5. The van der Waals surface area contributed by atoms with Crippen LogP contribution in [0.1, 0.15) is 13.3 Å². The molecule has 0 saturated carbocycles. The monoisotopic (exact) mass is 215 g/mol. The molecule has 1 aliphatic rings. The lowest BCUT2D eigenvalue weighted by molar-refractivity contribution is 0.207. The van der Waals surface area contributed by atoms with E-state index in [4.69, 9.17) is 17.2 Å². The molecule has 15 heavy (non-hydrogen) atoms. The number of nitrogens with two attached hydrogens (primary N) is 3. The molecule has 5 nitrogen and oxygen atoms in total. The molecule has 0 aromatic carbocycles. The Balaban J connectivity index is 2.32. The summed E-state index contributed by atoms with van der Waals surface area (Å²) in [6, 6.07) is -0.0505. The molecule has 1 fully saturated rings. The third-order valence-corrected chi connectivity index (χ3v) is 3.39. The van der Waals surface area contributed by atoms with E-state index in [1.807, 2.05) is 6.92 Å². The maximum absolute atomic E-state index is 6.16. The van der Waals surface area contributed by atoms with Crippen LogP contribution in [0, 0.1) is 0 Å². The first-order chi connectivity index (χ1) is 7.08. The molecule has 0 aromatic heterocycles. The van der Waals surface area contributed by atoms with E-state index in [1.165, 1.54) is 0 Å². The molecule has 0 amide bonds. The van der Waals surface area contributed by atoms with Crippen LogP contribution in [0.2, 0.25) is 0 Å². The fourth-order valence-electron chi connectivity index (χ4n) is 1.82. The Bertz CT molecular complexity index is 179. The molecule has 2 unspecified atom stereocenters. The van der Waals surface area contributed by atoms with Crippen molar-refractivity contribution in [1.82, 2.24) is 10.2 Å². The average molecular weight is 215 g/mol. The first kappa shape index (κ1) is 12.9. The summed E-state index contributed by atoms with van der Waals surface area (Å²) in [5.41, 5.74) is 17.3. The summed E-state index contributed by atoms with van der Waals surface area (Å²) in [6.45, 7) is 7.72. The van der Waals surface area contributed by atoms with Crippen molar-refractivity contribution < 1.29 is 0 Å². The first-order valence-electron chi connectivity index (χ1n) is 5.76. The van der Waals surface area contributed by atoms with Gasteiger partial charge in [-0.2, -0.15) is 0 Å². The highest BCUT2D eigenvalue weighted by Gasteiger charge is 2.28. The molecular weight excluding hydrogens is 190 g/mol. The minimum absolute atomic E-state index is 0.0505. The van der Waals surface area contributed by atoms with Crippen molar-refractivity contribution in [2.45, 2.75) is 24.9 Å². The fraction of sp³-hybridized carbons (Fsp3) is 1.00. The predicted molar refractivity (Wildman–Crippen MR) is 63.5 cm³/mol. The maximum atomic E-state index is 6.16. The van der Waals surface area contributed by atoms with E-state index in [9.17, 15) is 0 Å². The zero-order chi connectivity index (χ0) is 11.3. The quantitative estimate of drug-likeness (QED) is 0.438. The van der Waals surface area contributed by atoms with Crippen LogP contribution in [-0.4, -0.2) is 55.7 Å². The van der Waals surface area contributed by atoms with Gasteiger partial charge in [0, 0.05) is 50.8 Å². The van der Waals surface area contributed by atoms with Gasteiger partial charge in [0.2, 0.25) is 0 Å². The molecular formula is C10H25N5. The van der Waals surface area contributed by atoms with Gasteiger partial charge >= 0.3 is 0 Å². The van der Waals surface area contributed by atoms with Crippen LogP contribution in [0.25, 0.3) is 0 Å². The van der Waals surface area contributed by atoms with Crippen molar-refractivity contribution in [3.8, 4) is 0 Å². The van der Waals surface area contributed by atoms with Gasteiger partial charge in [-0.05, 0) is 13.3 Å². The zero-order valence-electron chi connectivity index (χ0n) is 9.71. The molecule has 5 heteroatoms. The summed E-state index contributed by atoms with van der Waals surface area (Å²) in [7, 11) is 0. The lowest BCUT2D eigenvalue weighted by Gasteiger charge is -2.35. The van der Waals surface area contributed by atoms with Crippen molar-refractivity contribution in [3.05, 3.63) is 0 Å². The molecule has 90 valence electrons. The topological polar surface area (TPSA) is 93.3 Å². The highest BCUT2D eigenvalue weighted by molar-refractivity contribution is 4.93. The summed E-state index contributed by atoms with van der Waals surface area (Å²) in [5.74, 6) is 0. The van der Waals surface area contributed by atoms with Crippen LogP contribution in [0.15, 0.2) is 0 Å².